The molecule has 0 saturated carbocycles. The number of thiophene rings is 1. The molecule has 3 rings (SSSR count). The molecule has 0 aromatic carbocycles. The summed E-state index contributed by atoms with van der Waals surface area (Å²) in [4.78, 5) is 25.8. The molecule has 136 valence electrons. The quantitative estimate of drug-likeness (QED) is 0.885. The number of nitrogens with one attached hydrogen (secondary N) is 1. The van der Waals surface area contributed by atoms with Gasteiger partial charge >= 0.3 is 0 Å². The number of carbonyl (C=O) groups excluding carboxylic acids is 1. The van der Waals surface area contributed by atoms with Crippen molar-refractivity contribution >= 4 is 33.3 Å². The molecule has 1 atom stereocenters. The molecule has 1 amide bonds. The number of fused-ring (bicyclic) bond motifs is 1. The van der Waals surface area contributed by atoms with Crippen LogP contribution >= 0.6 is 11.3 Å². The topological polar surface area (TPSA) is 67.4 Å². The molecule has 1 fully saturated rings. The standard InChI is InChI=1S/C18H26N4O2S/c1-5-6-11(2)19-17(23)15-12(3)14-16(22-7-9-24-10-8-22)20-13(4)21-18(14)25-15/h11H,5-10H2,1-4H3,(H,19,23). The Hall–Kier alpha value is -1.73. The molecule has 1 aliphatic heterocycles. The van der Waals surface area contributed by atoms with Gasteiger partial charge in [-0.2, -0.15) is 0 Å². The third-order valence-electron chi connectivity index (χ3n) is 4.50. The van der Waals surface area contributed by atoms with Gasteiger partial charge in [-0.15, -0.1) is 11.3 Å². The number of aryl methyl sites for hydroxylation is 2. The molecule has 0 aliphatic carbocycles. The van der Waals surface area contributed by atoms with Gasteiger partial charge in [-0.3, -0.25) is 4.79 Å². The first-order valence-electron chi connectivity index (χ1n) is 8.92. The van der Waals surface area contributed by atoms with Crippen molar-refractivity contribution in [2.24, 2.45) is 0 Å². The molecule has 7 heteroatoms. The van der Waals surface area contributed by atoms with Crippen LogP contribution in [0, 0.1) is 13.8 Å². The van der Waals surface area contributed by atoms with Crippen LogP contribution in [0.4, 0.5) is 5.82 Å². The van der Waals surface area contributed by atoms with Crippen molar-refractivity contribution in [1.29, 1.82) is 0 Å². The highest BCUT2D eigenvalue weighted by Crippen LogP contribution is 2.35. The zero-order chi connectivity index (χ0) is 18.0. The van der Waals surface area contributed by atoms with E-state index < -0.39 is 0 Å². The molecule has 6 nitrogen and oxygen atoms in total. The minimum atomic E-state index is -0.00738. The van der Waals surface area contributed by atoms with Crippen LogP contribution in [0.1, 0.15) is 47.7 Å². The molecule has 3 heterocycles. The first kappa shape index (κ1) is 18.1. The van der Waals surface area contributed by atoms with E-state index in [9.17, 15) is 4.79 Å². The lowest BCUT2D eigenvalue weighted by Gasteiger charge is -2.28. The lowest BCUT2D eigenvalue weighted by Crippen LogP contribution is -2.37. The van der Waals surface area contributed by atoms with E-state index in [1.165, 1.54) is 11.3 Å². The minimum absolute atomic E-state index is 0.00738. The van der Waals surface area contributed by atoms with Gasteiger partial charge in [0.1, 0.15) is 16.5 Å². The van der Waals surface area contributed by atoms with Gasteiger partial charge in [0.15, 0.2) is 0 Å². The first-order valence-corrected chi connectivity index (χ1v) is 9.74. The van der Waals surface area contributed by atoms with E-state index in [2.05, 4.69) is 27.1 Å². The smallest absolute Gasteiger partial charge is 0.261 e. The van der Waals surface area contributed by atoms with Gasteiger partial charge in [-0.05, 0) is 32.8 Å². The van der Waals surface area contributed by atoms with Gasteiger partial charge in [0.2, 0.25) is 0 Å². The Balaban J connectivity index is 1.99. The van der Waals surface area contributed by atoms with Crippen LogP contribution in [-0.2, 0) is 4.74 Å². The molecule has 1 N–H and O–H groups in total. The van der Waals surface area contributed by atoms with E-state index in [0.717, 1.165) is 58.2 Å². The van der Waals surface area contributed by atoms with Crippen LogP contribution in [0.15, 0.2) is 0 Å². The summed E-state index contributed by atoms with van der Waals surface area (Å²) in [6.07, 6.45) is 2.03. The molecule has 0 radical (unpaired) electrons. The predicted molar refractivity (Wildman–Crippen MR) is 102 cm³/mol. The predicted octanol–water partition coefficient (Wildman–Crippen LogP) is 3.06. The van der Waals surface area contributed by atoms with Crippen molar-refractivity contribution in [3.8, 4) is 0 Å². The fraction of sp³-hybridized carbons (Fsp3) is 0.611. The molecular formula is C18H26N4O2S. The lowest BCUT2D eigenvalue weighted by atomic mass is 10.1. The number of hydrogen-bond acceptors (Lipinski definition) is 6. The summed E-state index contributed by atoms with van der Waals surface area (Å²) in [6, 6.07) is 0.175. The summed E-state index contributed by atoms with van der Waals surface area (Å²) < 4.78 is 5.46. The van der Waals surface area contributed by atoms with Gasteiger partial charge in [-0.1, -0.05) is 13.3 Å². The van der Waals surface area contributed by atoms with E-state index in [0.29, 0.717) is 13.2 Å². The Bertz CT molecular complexity index is 768. The summed E-state index contributed by atoms with van der Waals surface area (Å²) in [6.45, 7) is 11.1. The molecule has 1 aliphatic rings. The summed E-state index contributed by atoms with van der Waals surface area (Å²) in [5, 5.41) is 4.11. The van der Waals surface area contributed by atoms with Gasteiger partial charge < -0.3 is 15.0 Å². The second-order valence-electron chi connectivity index (χ2n) is 6.59. The number of hydrogen-bond donors (Lipinski definition) is 1. The maximum Gasteiger partial charge on any atom is 0.261 e. The Morgan fingerprint density at radius 1 is 1.32 bits per heavy atom. The normalized spacial score (nSPS) is 16.2. The minimum Gasteiger partial charge on any atom is -0.378 e. The van der Waals surface area contributed by atoms with Gasteiger partial charge in [0.25, 0.3) is 5.91 Å². The fourth-order valence-corrected chi connectivity index (χ4v) is 4.36. The number of morpholine rings is 1. The number of rotatable bonds is 5. The number of amides is 1. The van der Waals surface area contributed by atoms with Gasteiger partial charge in [0.05, 0.1) is 23.5 Å². The summed E-state index contributed by atoms with van der Waals surface area (Å²) in [5.74, 6) is 1.66. The van der Waals surface area contributed by atoms with Gasteiger partial charge in [0, 0.05) is 19.1 Å². The maximum absolute atomic E-state index is 12.7. The monoisotopic (exact) mass is 362 g/mol. The number of anilines is 1. The van der Waals surface area contributed by atoms with Gasteiger partial charge in [-0.25, -0.2) is 9.97 Å². The number of nitrogens with zero attached hydrogens (tertiary/aromatic N) is 3. The van der Waals surface area contributed by atoms with Crippen molar-refractivity contribution in [1.82, 2.24) is 15.3 Å². The molecular weight excluding hydrogens is 336 g/mol. The number of ether oxygens (including phenoxy) is 1. The van der Waals surface area contributed by atoms with Crippen LogP contribution in [-0.4, -0.2) is 48.2 Å². The van der Waals surface area contributed by atoms with Crippen LogP contribution in [0.5, 0.6) is 0 Å². The van der Waals surface area contributed by atoms with E-state index in [4.69, 9.17) is 4.74 Å². The highest BCUT2D eigenvalue weighted by Gasteiger charge is 2.24. The Morgan fingerprint density at radius 2 is 2.04 bits per heavy atom. The van der Waals surface area contributed by atoms with E-state index in [1.807, 2.05) is 20.8 Å². The Labute approximate surface area is 152 Å². The Kier molecular flexibility index (Phi) is 5.54. The molecule has 25 heavy (non-hydrogen) atoms. The van der Waals surface area contributed by atoms with Crippen LogP contribution in [0.25, 0.3) is 10.2 Å². The maximum atomic E-state index is 12.7. The largest absolute Gasteiger partial charge is 0.378 e. The van der Waals surface area contributed by atoms with Crippen molar-refractivity contribution in [3.63, 3.8) is 0 Å². The zero-order valence-corrected chi connectivity index (χ0v) is 16.2. The van der Waals surface area contributed by atoms with Crippen LogP contribution in [0.3, 0.4) is 0 Å². The summed E-state index contributed by atoms with van der Waals surface area (Å²) >= 11 is 1.46. The second kappa shape index (κ2) is 7.66. The highest BCUT2D eigenvalue weighted by atomic mass is 32.1. The summed E-state index contributed by atoms with van der Waals surface area (Å²) in [7, 11) is 0. The second-order valence-corrected chi connectivity index (χ2v) is 7.59. The Morgan fingerprint density at radius 3 is 2.72 bits per heavy atom. The zero-order valence-electron chi connectivity index (χ0n) is 15.4. The van der Waals surface area contributed by atoms with E-state index >= 15 is 0 Å². The molecule has 1 saturated heterocycles. The van der Waals surface area contributed by atoms with Crippen molar-refractivity contribution in [3.05, 3.63) is 16.3 Å². The fourth-order valence-electron chi connectivity index (χ4n) is 3.24. The van der Waals surface area contributed by atoms with Crippen LogP contribution in [0.2, 0.25) is 0 Å². The lowest BCUT2D eigenvalue weighted by molar-refractivity contribution is 0.0942. The van der Waals surface area contributed by atoms with Crippen LogP contribution < -0.4 is 10.2 Å². The van der Waals surface area contributed by atoms with E-state index in [1.54, 1.807) is 0 Å². The third kappa shape index (κ3) is 3.77. The molecule has 2 aromatic heterocycles. The van der Waals surface area contributed by atoms with Crippen molar-refractivity contribution in [2.75, 3.05) is 31.2 Å². The first-order chi connectivity index (χ1) is 12.0. The molecule has 0 bridgehead atoms. The SMILES string of the molecule is CCCC(C)NC(=O)c1sc2nc(C)nc(N3CCOCC3)c2c1C. The number of carbonyl (C=O) groups is 1. The van der Waals surface area contributed by atoms with E-state index in [-0.39, 0.29) is 11.9 Å². The number of aromatic nitrogens is 2. The average molecular weight is 362 g/mol. The molecule has 2 aromatic rings. The highest BCUT2D eigenvalue weighted by molar-refractivity contribution is 7.20. The molecule has 0 spiro atoms. The van der Waals surface area contributed by atoms with Crippen molar-refractivity contribution in [2.45, 2.75) is 46.6 Å². The van der Waals surface area contributed by atoms with Crippen molar-refractivity contribution < 1.29 is 9.53 Å². The third-order valence-corrected chi connectivity index (χ3v) is 5.68. The molecule has 1 unspecified atom stereocenters. The average Bonchev–Trinajstić information content (AvgIpc) is 2.92. The summed E-state index contributed by atoms with van der Waals surface area (Å²) in [5.41, 5.74) is 0.975.